The van der Waals surface area contributed by atoms with Crippen molar-refractivity contribution in [1.29, 1.82) is 0 Å². The summed E-state index contributed by atoms with van der Waals surface area (Å²) in [6.07, 6.45) is 3.35. The van der Waals surface area contributed by atoms with Crippen LogP contribution in [0.4, 0.5) is 5.13 Å². The van der Waals surface area contributed by atoms with E-state index < -0.39 is 6.10 Å². The maximum Gasteiger partial charge on any atom is 0.186 e. The number of aliphatic hydroxyl groups excluding tert-OH is 1. The molecule has 17 heavy (non-hydrogen) atoms. The first-order valence-corrected chi connectivity index (χ1v) is 6.50. The van der Waals surface area contributed by atoms with Crippen molar-refractivity contribution < 1.29 is 5.11 Å². The molecular weight excluding hydrogens is 236 g/mol. The van der Waals surface area contributed by atoms with Gasteiger partial charge in [-0.05, 0) is 6.92 Å². The van der Waals surface area contributed by atoms with Crippen molar-refractivity contribution in [2.75, 3.05) is 11.4 Å². The molecule has 0 saturated heterocycles. The predicted octanol–water partition coefficient (Wildman–Crippen LogP) is 1.41. The monoisotopic (exact) mass is 250 g/mol. The van der Waals surface area contributed by atoms with Gasteiger partial charge in [0.15, 0.2) is 5.13 Å². The molecule has 1 unspecified atom stereocenters. The molecular formula is C11H14N4OS. The maximum absolute atomic E-state index is 9.47. The van der Waals surface area contributed by atoms with Crippen LogP contribution >= 0.6 is 11.3 Å². The number of hydrogen-bond donors (Lipinski definition) is 1. The van der Waals surface area contributed by atoms with Gasteiger partial charge in [0, 0.05) is 30.9 Å². The zero-order valence-electron chi connectivity index (χ0n) is 9.58. The van der Waals surface area contributed by atoms with Gasteiger partial charge in [-0.3, -0.25) is 0 Å². The van der Waals surface area contributed by atoms with Gasteiger partial charge in [-0.1, -0.05) is 0 Å². The van der Waals surface area contributed by atoms with Gasteiger partial charge < -0.3 is 14.6 Å². The summed E-state index contributed by atoms with van der Waals surface area (Å²) in [6.45, 7) is 4.41. The van der Waals surface area contributed by atoms with Crippen LogP contribution in [0.3, 0.4) is 0 Å². The minimum Gasteiger partial charge on any atom is -0.387 e. The second kappa shape index (κ2) is 4.12. The molecule has 6 heteroatoms. The maximum atomic E-state index is 9.47. The number of imidazole rings is 1. The Bertz CT molecular complexity index is 519. The minimum atomic E-state index is -0.494. The zero-order valence-corrected chi connectivity index (χ0v) is 10.4. The normalized spacial score (nSPS) is 16.9. The standard InChI is InChI=1S/C11H14N4OS/c1-8(16)9-7-17-11(13-9)15-5-4-14-3-2-12-10(14)6-15/h2-3,7-8,16H,4-6H2,1H3. The van der Waals surface area contributed by atoms with E-state index in [1.165, 1.54) is 0 Å². The van der Waals surface area contributed by atoms with Crippen LogP contribution in [-0.4, -0.2) is 26.2 Å². The zero-order chi connectivity index (χ0) is 11.8. The molecule has 1 N–H and O–H groups in total. The van der Waals surface area contributed by atoms with Crippen LogP contribution in [0.5, 0.6) is 0 Å². The number of thiazole rings is 1. The van der Waals surface area contributed by atoms with Crippen molar-refractivity contribution in [1.82, 2.24) is 14.5 Å². The van der Waals surface area contributed by atoms with Crippen LogP contribution in [0, 0.1) is 0 Å². The molecule has 3 rings (SSSR count). The van der Waals surface area contributed by atoms with Crippen LogP contribution in [0.15, 0.2) is 17.8 Å². The molecule has 1 aliphatic heterocycles. The third-order valence-corrected chi connectivity index (χ3v) is 3.87. The highest BCUT2D eigenvalue weighted by atomic mass is 32.1. The molecule has 1 aliphatic rings. The van der Waals surface area contributed by atoms with Crippen LogP contribution in [0.2, 0.25) is 0 Å². The van der Waals surface area contributed by atoms with E-state index in [1.807, 2.05) is 17.8 Å². The van der Waals surface area contributed by atoms with Crippen molar-refractivity contribution >= 4 is 16.5 Å². The Morgan fingerprint density at radius 3 is 3.12 bits per heavy atom. The molecule has 0 aromatic carbocycles. The van der Waals surface area contributed by atoms with Gasteiger partial charge in [0.2, 0.25) is 0 Å². The van der Waals surface area contributed by atoms with E-state index in [2.05, 4.69) is 19.4 Å². The van der Waals surface area contributed by atoms with Crippen LogP contribution < -0.4 is 4.90 Å². The molecule has 0 fully saturated rings. The van der Waals surface area contributed by atoms with Gasteiger partial charge in [0.05, 0.1) is 18.3 Å². The molecule has 1 atom stereocenters. The van der Waals surface area contributed by atoms with E-state index in [-0.39, 0.29) is 0 Å². The fourth-order valence-corrected chi connectivity index (χ4v) is 2.89. The summed E-state index contributed by atoms with van der Waals surface area (Å²) < 4.78 is 2.17. The van der Waals surface area contributed by atoms with Gasteiger partial charge in [-0.25, -0.2) is 9.97 Å². The third kappa shape index (κ3) is 1.94. The summed E-state index contributed by atoms with van der Waals surface area (Å²) in [5.41, 5.74) is 0.749. The highest BCUT2D eigenvalue weighted by Gasteiger charge is 2.19. The van der Waals surface area contributed by atoms with E-state index in [0.29, 0.717) is 0 Å². The first kappa shape index (κ1) is 10.7. The first-order valence-electron chi connectivity index (χ1n) is 5.62. The van der Waals surface area contributed by atoms with Crippen molar-refractivity contribution in [2.24, 2.45) is 0 Å². The fraction of sp³-hybridized carbons (Fsp3) is 0.455. The lowest BCUT2D eigenvalue weighted by Crippen LogP contribution is -2.33. The Labute approximate surface area is 103 Å². The lowest BCUT2D eigenvalue weighted by Gasteiger charge is -2.27. The number of nitrogens with zero attached hydrogens (tertiary/aromatic N) is 4. The molecule has 2 aromatic rings. The van der Waals surface area contributed by atoms with Crippen LogP contribution in [-0.2, 0) is 13.1 Å². The second-order valence-corrected chi connectivity index (χ2v) is 5.03. The van der Waals surface area contributed by atoms with E-state index in [0.717, 1.165) is 36.3 Å². The molecule has 0 saturated carbocycles. The quantitative estimate of drug-likeness (QED) is 0.875. The Kier molecular flexibility index (Phi) is 2.60. The number of hydrogen-bond acceptors (Lipinski definition) is 5. The number of aliphatic hydroxyl groups is 1. The molecule has 2 aromatic heterocycles. The Morgan fingerprint density at radius 1 is 1.47 bits per heavy atom. The SMILES string of the molecule is CC(O)c1csc(N2CCn3ccnc3C2)n1. The molecule has 5 nitrogen and oxygen atoms in total. The third-order valence-electron chi connectivity index (χ3n) is 2.95. The number of aromatic nitrogens is 3. The van der Waals surface area contributed by atoms with E-state index in [1.54, 1.807) is 18.3 Å². The van der Waals surface area contributed by atoms with E-state index >= 15 is 0 Å². The van der Waals surface area contributed by atoms with Gasteiger partial charge >= 0.3 is 0 Å². The van der Waals surface area contributed by atoms with Crippen LogP contribution in [0.25, 0.3) is 0 Å². The van der Waals surface area contributed by atoms with E-state index in [9.17, 15) is 5.11 Å². The van der Waals surface area contributed by atoms with Crippen molar-refractivity contribution in [3.05, 3.63) is 29.3 Å². The Morgan fingerprint density at radius 2 is 2.35 bits per heavy atom. The van der Waals surface area contributed by atoms with Crippen LogP contribution in [0.1, 0.15) is 24.5 Å². The lowest BCUT2D eigenvalue weighted by atomic mass is 10.3. The highest BCUT2D eigenvalue weighted by molar-refractivity contribution is 7.13. The topological polar surface area (TPSA) is 54.2 Å². The molecule has 0 amide bonds. The van der Waals surface area contributed by atoms with Gasteiger partial charge in [0.25, 0.3) is 0 Å². The number of rotatable bonds is 2. The smallest absolute Gasteiger partial charge is 0.186 e. The summed E-state index contributed by atoms with van der Waals surface area (Å²) in [4.78, 5) is 11.0. The average Bonchev–Trinajstić information content (AvgIpc) is 2.97. The molecule has 0 spiro atoms. The van der Waals surface area contributed by atoms with Crippen molar-refractivity contribution in [3.63, 3.8) is 0 Å². The Hall–Kier alpha value is -1.40. The number of fused-ring (bicyclic) bond motifs is 1. The summed E-state index contributed by atoms with van der Waals surface area (Å²) in [7, 11) is 0. The molecule has 0 aliphatic carbocycles. The lowest BCUT2D eigenvalue weighted by molar-refractivity contribution is 0.195. The highest BCUT2D eigenvalue weighted by Crippen LogP contribution is 2.26. The average molecular weight is 250 g/mol. The Balaban J connectivity index is 1.82. The molecule has 0 radical (unpaired) electrons. The van der Waals surface area contributed by atoms with Gasteiger partial charge in [0.1, 0.15) is 5.82 Å². The summed E-state index contributed by atoms with van der Waals surface area (Å²) in [5.74, 6) is 1.07. The van der Waals surface area contributed by atoms with Crippen molar-refractivity contribution in [3.8, 4) is 0 Å². The first-order chi connectivity index (χ1) is 8.24. The summed E-state index contributed by atoms with van der Waals surface area (Å²) >= 11 is 1.58. The summed E-state index contributed by atoms with van der Waals surface area (Å²) in [6, 6.07) is 0. The second-order valence-electron chi connectivity index (χ2n) is 4.19. The van der Waals surface area contributed by atoms with E-state index in [4.69, 9.17) is 0 Å². The summed E-state index contributed by atoms with van der Waals surface area (Å²) in [5, 5.41) is 12.4. The fourth-order valence-electron chi connectivity index (χ4n) is 1.95. The number of anilines is 1. The molecule has 90 valence electrons. The van der Waals surface area contributed by atoms with Gasteiger partial charge in [-0.2, -0.15) is 0 Å². The predicted molar refractivity (Wildman–Crippen MR) is 66.0 cm³/mol. The van der Waals surface area contributed by atoms with Crippen molar-refractivity contribution in [2.45, 2.75) is 26.1 Å². The largest absolute Gasteiger partial charge is 0.387 e. The molecule has 3 heterocycles. The molecule has 0 bridgehead atoms. The van der Waals surface area contributed by atoms with Gasteiger partial charge in [-0.15, -0.1) is 11.3 Å². The minimum absolute atomic E-state index is 0.494.